The van der Waals surface area contributed by atoms with Gasteiger partial charge in [-0.3, -0.25) is 47.9 Å². The third kappa shape index (κ3) is 41.6. The highest BCUT2D eigenvalue weighted by Crippen LogP contribution is 2.28. The lowest BCUT2D eigenvalue weighted by Gasteiger charge is -2.42. The van der Waals surface area contributed by atoms with Crippen molar-refractivity contribution < 1.29 is 141 Å². The number of aliphatic hydroxyl groups is 9. The van der Waals surface area contributed by atoms with Crippen molar-refractivity contribution in [3.05, 3.63) is 0 Å². The van der Waals surface area contributed by atoms with E-state index in [9.17, 15) is 93.9 Å². The van der Waals surface area contributed by atoms with Crippen molar-refractivity contribution in [2.75, 3.05) is 132 Å². The number of carbonyl (C=O) groups is 10. The van der Waals surface area contributed by atoms with Crippen LogP contribution in [0, 0.1) is 0 Å². The molecule has 4 saturated heterocycles. The van der Waals surface area contributed by atoms with Crippen LogP contribution in [0.4, 0.5) is 0 Å². The monoisotopic (exact) mass is 1640 g/mol. The van der Waals surface area contributed by atoms with Gasteiger partial charge in [-0.25, -0.2) is 0 Å². The average Bonchev–Trinajstić information content (AvgIpc) is 0.871. The molecule has 4 fully saturated rings. The average molecular weight is 1640 g/mol. The summed E-state index contributed by atoms with van der Waals surface area (Å²) in [6.07, 6.45) is -3.70. The van der Waals surface area contributed by atoms with Gasteiger partial charge in [-0.2, -0.15) is 0 Å². The Hall–Kier alpha value is -5.74. The summed E-state index contributed by atoms with van der Waals surface area (Å²) in [7, 11) is 0. The maximum Gasteiger partial charge on any atom is 0.222 e. The number of hydrogen-bond acceptors (Lipinski definition) is 31. The minimum absolute atomic E-state index is 0.0587. The van der Waals surface area contributed by atoms with E-state index in [1.807, 2.05) is 0 Å². The van der Waals surface area contributed by atoms with Crippen molar-refractivity contribution in [2.24, 2.45) is 0 Å². The number of Topliss-reactive ketones (excluding diaryl/α,β-unsaturated/α-hetero) is 2. The molecule has 658 valence electrons. The zero-order chi connectivity index (χ0) is 83.6. The van der Waals surface area contributed by atoms with Gasteiger partial charge in [0.05, 0.1) is 84.8 Å². The van der Waals surface area contributed by atoms with E-state index < -0.39 is 135 Å². The molecule has 17 atom stereocenters. The van der Waals surface area contributed by atoms with E-state index in [1.54, 1.807) is 0 Å². The molecule has 0 aromatic heterocycles. The molecule has 4 heterocycles. The Morgan fingerprint density at radius 1 is 0.342 bits per heavy atom. The van der Waals surface area contributed by atoms with Gasteiger partial charge in [-0.1, -0.05) is 32.1 Å². The quantitative estimate of drug-likeness (QED) is 0.0201. The van der Waals surface area contributed by atoms with Crippen molar-refractivity contribution in [2.45, 2.75) is 285 Å². The molecule has 0 bridgehead atoms. The van der Waals surface area contributed by atoms with E-state index in [4.69, 9.17) is 47.4 Å². The number of amides is 8. The lowest BCUT2D eigenvalue weighted by Crippen LogP contribution is -2.64. The van der Waals surface area contributed by atoms with Crippen LogP contribution in [0.2, 0.25) is 0 Å². The molecule has 8 amide bonds. The van der Waals surface area contributed by atoms with Crippen LogP contribution in [0.25, 0.3) is 0 Å². The van der Waals surface area contributed by atoms with E-state index in [0.717, 1.165) is 38.5 Å². The Balaban J connectivity index is 1.24. The Morgan fingerprint density at radius 2 is 0.649 bits per heavy atom. The number of rotatable bonds is 65. The first-order chi connectivity index (χ1) is 54.7. The largest absolute Gasteiger partial charge is 0.394 e. The highest BCUT2D eigenvalue weighted by atomic mass is 16.7. The fourth-order valence-corrected chi connectivity index (χ4v) is 12.8. The van der Waals surface area contributed by atoms with Gasteiger partial charge < -0.3 is 146 Å². The first-order valence-electron chi connectivity index (χ1n) is 40.5. The summed E-state index contributed by atoms with van der Waals surface area (Å²) in [6.45, 7) is 5.55. The van der Waals surface area contributed by atoms with Gasteiger partial charge in [-0.05, 0) is 90.6 Å². The molecule has 0 aromatic rings. The van der Waals surface area contributed by atoms with Crippen molar-refractivity contribution >= 4 is 58.8 Å². The van der Waals surface area contributed by atoms with Gasteiger partial charge in [0.2, 0.25) is 47.3 Å². The summed E-state index contributed by atoms with van der Waals surface area (Å²) < 4.78 is 57.8. The number of aliphatic hydroxyl groups excluding tert-OH is 9. The van der Waals surface area contributed by atoms with E-state index >= 15 is 0 Å². The minimum atomic E-state index is -1.45. The smallest absolute Gasteiger partial charge is 0.222 e. The summed E-state index contributed by atoms with van der Waals surface area (Å²) in [5, 5.41) is 119. The zero-order valence-electron chi connectivity index (χ0n) is 66.9. The summed E-state index contributed by atoms with van der Waals surface area (Å²) in [5.74, 6) is -3.11. The van der Waals surface area contributed by atoms with Crippen LogP contribution in [-0.4, -0.2) is 346 Å². The van der Waals surface area contributed by atoms with Gasteiger partial charge in [-0.15, -0.1) is 0 Å². The number of ketones is 2. The van der Waals surface area contributed by atoms with Crippen molar-refractivity contribution in [1.29, 1.82) is 0 Å². The predicted molar refractivity (Wildman–Crippen MR) is 406 cm³/mol. The molecule has 114 heavy (non-hydrogen) atoms. The Morgan fingerprint density at radius 3 is 0.991 bits per heavy atom. The highest BCUT2D eigenvalue weighted by molar-refractivity contribution is 5.81. The van der Waals surface area contributed by atoms with Crippen LogP contribution < -0.4 is 53.2 Å². The second-order valence-corrected chi connectivity index (χ2v) is 29.4. The fourth-order valence-electron chi connectivity index (χ4n) is 12.8. The van der Waals surface area contributed by atoms with Crippen LogP contribution in [0.15, 0.2) is 0 Å². The van der Waals surface area contributed by atoms with Crippen LogP contribution in [0.3, 0.4) is 0 Å². The van der Waals surface area contributed by atoms with E-state index in [2.05, 4.69) is 60.1 Å². The van der Waals surface area contributed by atoms with Crippen molar-refractivity contribution in [3.63, 3.8) is 0 Å². The Bertz CT molecular complexity index is 2690. The maximum absolute atomic E-state index is 13.9. The fraction of sp³-hybridized carbons (Fsp3) is 0.867. The van der Waals surface area contributed by atoms with Crippen molar-refractivity contribution in [3.8, 4) is 0 Å². The molecular formula is C75H134N10O29. The number of unbranched alkanes of at least 4 members (excludes halogenated alkanes) is 8. The maximum atomic E-state index is 13.9. The molecule has 0 aliphatic carbocycles. The third-order valence-corrected chi connectivity index (χ3v) is 19.4. The first kappa shape index (κ1) is 101. The zero-order valence-corrected chi connectivity index (χ0v) is 66.9. The lowest BCUT2D eigenvalue weighted by atomic mass is 9.97. The summed E-state index contributed by atoms with van der Waals surface area (Å²) in [4.78, 5) is 126. The Kier molecular flexibility index (Phi) is 51.4. The molecule has 39 nitrogen and oxygen atoms in total. The van der Waals surface area contributed by atoms with Gasteiger partial charge in [0.15, 0.2) is 18.9 Å². The number of hydrogen-bond donors (Lipinski definition) is 19. The molecule has 0 radical (unpaired) electrons. The molecule has 11 unspecified atom stereocenters. The van der Waals surface area contributed by atoms with E-state index in [-0.39, 0.29) is 185 Å². The van der Waals surface area contributed by atoms with Crippen LogP contribution in [0.1, 0.15) is 175 Å². The second-order valence-electron chi connectivity index (χ2n) is 29.4. The normalized spacial score (nSPS) is 25.8. The second kappa shape index (κ2) is 58.2. The highest BCUT2D eigenvalue weighted by Gasteiger charge is 2.48. The third-order valence-electron chi connectivity index (χ3n) is 19.4. The van der Waals surface area contributed by atoms with Crippen LogP contribution in [0.5, 0.6) is 0 Å². The molecule has 0 aromatic carbocycles. The van der Waals surface area contributed by atoms with Crippen LogP contribution >= 0.6 is 0 Å². The molecule has 0 spiro atoms. The standard InChI is InChI=1S/C75H134N10O29/c1-48-54(111-48)22-9-7-5-6-8-10-24-62(98)85-75(47-107-39-27-61(97)81-33-19-32-78-58(94)23-13-16-36-110-74-65(84-51(4)91)71(104)68(101)57(44-88)114-74,45-105-37-25-59(95)79-30-17-28-76-40-52(92)20-11-14-34-108-72-63(82-49(2)89)69(102)66(99)55(42-86)112-72)46-106-38-26-60(96)80-31-18-29-77-41-53(93)21-12-15-35-109-73-64(83-50(3)90)70(103)67(100)56(43-87)113-73/h48,54-57,63-74,76-77,86-88,99-104H,5-47H2,1-4H3,(H,78,94)(H,79,95)(H,80,96)(H,81,97)(H,82,89)(H,83,90)(H,84,91)(H,85,98)/t48?,54?,55?,56?,57?,63?,64?,65?,66-,67-,68-,69?,70?,71?,72+,73+,74+,75?/m0/s1. The summed E-state index contributed by atoms with van der Waals surface area (Å²) in [5.41, 5.74) is -1.37. The first-order valence-corrected chi connectivity index (χ1v) is 40.5. The minimum Gasteiger partial charge on any atom is -0.394 e. The SMILES string of the molecule is CC(=O)NC1C(O)[C@@H](O)C(CO)O[C@H]1OCCCCC(=O)CNCCCNC(=O)CCOCC(COCCC(=O)NCCCNCC(=O)CCCCO[C@@H]1OC(CO)[C@H](O)C(O)C1NC(C)=O)(COCCC(=O)NCCCNC(=O)CCCCO[C@@H]1OC(CO)[C@H](O)C(O)C1NC(C)=O)NC(=O)CCCCCCCCC1OC1C. The molecule has 4 aliphatic heterocycles. The molecular weight excluding hydrogens is 1500 g/mol. The number of epoxide rings is 1. The number of carbonyl (C=O) groups excluding carboxylic acids is 10. The number of nitrogens with one attached hydrogen (secondary N) is 10. The lowest BCUT2D eigenvalue weighted by molar-refractivity contribution is -0.270. The van der Waals surface area contributed by atoms with Gasteiger partial charge >= 0.3 is 0 Å². The molecule has 39 heteroatoms. The van der Waals surface area contributed by atoms with Gasteiger partial charge in [0.25, 0.3) is 0 Å². The molecule has 0 saturated carbocycles. The van der Waals surface area contributed by atoms with Crippen molar-refractivity contribution in [1.82, 2.24) is 53.2 Å². The molecule has 4 aliphatic rings. The Labute approximate surface area is 667 Å². The summed E-state index contributed by atoms with van der Waals surface area (Å²) >= 11 is 0. The predicted octanol–water partition coefficient (Wildman–Crippen LogP) is -4.69. The van der Waals surface area contributed by atoms with E-state index in [1.165, 1.54) is 20.8 Å². The van der Waals surface area contributed by atoms with E-state index in [0.29, 0.717) is 89.5 Å². The topological polar surface area (TPSA) is 569 Å². The molecule has 19 N–H and O–H groups in total. The van der Waals surface area contributed by atoms with Gasteiger partial charge in [0.1, 0.15) is 90.2 Å². The summed E-state index contributed by atoms with van der Waals surface area (Å²) in [6, 6.07) is -3.24. The van der Waals surface area contributed by atoms with Crippen LogP contribution in [-0.2, 0) is 95.3 Å². The molecule has 4 rings (SSSR count). The van der Waals surface area contributed by atoms with Gasteiger partial charge in [0, 0.05) is 112 Å². The number of ether oxygens (including phenoxy) is 10.